The molecule has 0 aliphatic carbocycles. The average molecular weight is 358 g/mol. The van der Waals surface area contributed by atoms with Gasteiger partial charge in [0.25, 0.3) is 5.91 Å². The van der Waals surface area contributed by atoms with E-state index in [9.17, 15) is 4.79 Å². The molecule has 3 rings (SSSR count). The zero-order chi connectivity index (χ0) is 19.1. The third-order valence-electron chi connectivity index (χ3n) is 3.94. The number of amides is 1. The number of carbonyl (C=O) groups excluding carboxylic acids is 1. The zero-order valence-corrected chi connectivity index (χ0v) is 14.8. The van der Waals surface area contributed by atoms with Gasteiger partial charge in [0.2, 0.25) is 0 Å². The van der Waals surface area contributed by atoms with Gasteiger partial charge >= 0.3 is 0 Å². The lowest BCUT2D eigenvalue weighted by Gasteiger charge is -2.11. The molecule has 1 aromatic heterocycles. The van der Waals surface area contributed by atoms with Crippen molar-refractivity contribution in [3.8, 4) is 11.8 Å². The van der Waals surface area contributed by atoms with Crippen molar-refractivity contribution in [1.29, 1.82) is 5.26 Å². The number of ether oxygens (including phenoxy) is 1. The van der Waals surface area contributed by atoms with Crippen molar-refractivity contribution in [1.82, 2.24) is 4.98 Å². The summed E-state index contributed by atoms with van der Waals surface area (Å²) in [6, 6.07) is 19.9. The third kappa shape index (κ3) is 4.61. The molecule has 2 N–H and O–H groups in total. The van der Waals surface area contributed by atoms with Gasteiger partial charge in [0, 0.05) is 29.7 Å². The van der Waals surface area contributed by atoms with Gasteiger partial charge in [-0.1, -0.05) is 18.2 Å². The summed E-state index contributed by atoms with van der Waals surface area (Å²) in [6.07, 6.45) is 1.58. The van der Waals surface area contributed by atoms with Crippen molar-refractivity contribution in [3.63, 3.8) is 0 Å². The number of anilines is 2. The summed E-state index contributed by atoms with van der Waals surface area (Å²) in [5.74, 6) is 0.485. The first-order valence-electron chi connectivity index (χ1n) is 8.33. The maximum absolute atomic E-state index is 12.4. The topological polar surface area (TPSA) is 87.0 Å². The van der Waals surface area contributed by atoms with Crippen LogP contribution in [0.4, 0.5) is 11.4 Å². The van der Waals surface area contributed by atoms with E-state index in [1.165, 1.54) is 0 Å². The van der Waals surface area contributed by atoms with Gasteiger partial charge in [-0.15, -0.1) is 0 Å². The maximum atomic E-state index is 12.4. The second-order valence-electron chi connectivity index (χ2n) is 5.74. The van der Waals surface area contributed by atoms with Crippen molar-refractivity contribution >= 4 is 17.3 Å². The molecule has 134 valence electrons. The van der Waals surface area contributed by atoms with Crippen LogP contribution in [0.15, 0.2) is 66.9 Å². The van der Waals surface area contributed by atoms with E-state index in [0.29, 0.717) is 23.5 Å². The normalized spacial score (nSPS) is 9.93. The largest absolute Gasteiger partial charge is 0.496 e. The van der Waals surface area contributed by atoms with Crippen LogP contribution in [0.1, 0.15) is 21.6 Å². The molecule has 0 aliphatic rings. The number of hydrogen-bond donors (Lipinski definition) is 2. The zero-order valence-electron chi connectivity index (χ0n) is 14.8. The van der Waals surface area contributed by atoms with E-state index in [4.69, 9.17) is 10.00 Å². The molecule has 0 atom stereocenters. The summed E-state index contributed by atoms with van der Waals surface area (Å²) in [7, 11) is 1.64. The first kappa shape index (κ1) is 18.0. The van der Waals surface area contributed by atoms with Gasteiger partial charge in [0.15, 0.2) is 0 Å². The lowest BCUT2D eigenvalue weighted by molar-refractivity contribution is 0.102. The summed E-state index contributed by atoms with van der Waals surface area (Å²) in [5, 5.41) is 14.9. The van der Waals surface area contributed by atoms with E-state index in [-0.39, 0.29) is 5.91 Å². The van der Waals surface area contributed by atoms with Gasteiger partial charge in [0.1, 0.15) is 11.4 Å². The average Bonchev–Trinajstić information content (AvgIpc) is 2.73. The van der Waals surface area contributed by atoms with Crippen LogP contribution in [0.5, 0.6) is 5.75 Å². The van der Waals surface area contributed by atoms with Crippen LogP contribution in [-0.2, 0) is 6.54 Å². The number of methoxy groups -OCH3 is 1. The summed E-state index contributed by atoms with van der Waals surface area (Å²) in [6.45, 7) is 0.560. The highest BCUT2D eigenvalue weighted by atomic mass is 16.5. The monoisotopic (exact) mass is 358 g/mol. The molecule has 2 aromatic carbocycles. The van der Waals surface area contributed by atoms with E-state index in [2.05, 4.69) is 15.6 Å². The van der Waals surface area contributed by atoms with Gasteiger partial charge < -0.3 is 15.4 Å². The Bertz CT molecular complexity index is 978. The molecule has 6 nitrogen and oxygen atoms in total. The molecule has 6 heteroatoms. The van der Waals surface area contributed by atoms with E-state index in [1.807, 2.05) is 30.3 Å². The first-order valence-corrected chi connectivity index (χ1v) is 8.33. The molecule has 0 spiro atoms. The molecule has 0 fully saturated rings. The van der Waals surface area contributed by atoms with Gasteiger partial charge in [0.05, 0.1) is 18.7 Å². The number of carbonyl (C=O) groups is 1. The van der Waals surface area contributed by atoms with E-state index in [0.717, 1.165) is 17.0 Å². The Morgan fingerprint density at radius 1 is 1.11 bits per heavy atom. The van der Waals surface area contributed by atoms with E-state index < -0.39 is 0 Å². The number of nitriles is 1. The molecular formula is C21H18N4O2. The Labute approximate surface area is 157 Å². The number of pyridine rings is 1. The molecule has 0 saturated heterocycles. The lowest BCUT2D eigenvalue weighted by Crippen LogP contribution is -2.14. The van der Waals surface area contributed by atoms with Crippen LogP contribution in [0, 0.1) is 11.3 Å². The highest BCUT2D eigenvalue weighted by Gasteiger charge is 2.09. The molecule has 3 aromatic rings. The fraction of sp³-hybridized carbons (Fsp3) is 0.0952. The summed E-state index contributed by atoms with van der Waals surface area (Å²) >= 11 is 0. The predicted molar refractivity (Wildman–Crippen MR) is 104 cm³/mol. The van der Waals surface area contributed by atoms with E-state index >= 15 is 0 Å². The van der Waals surface area contributed by atoms with Crippen LogP contribution in [0.3, 0.4) is 0 Å². The number of benzene rings is 2. The maximum Gasteiger partial charge on any atom is 0.274 e. The smallest absolute Gasteiger partial charge is 0.274 e. The number of hydrogen-bond acceptors (Lipinski definition) is 5. The number of aromatic nitrogens is 1. The quantitative estimate of drug-likeness (QED) is 0.699. The lowest BCUT2D eigenvalue weighted by atomic mass is 10.2. The van der Waals surface area contributed by atoms with E-state index in [1.54, 1.807) is 49.7 Å². The van der Waals surface area contributed by atoms with Crippen molar-refractivity contribution in [2.45, 2.75) is 6.54 Å². The highest BCUT2D eigenvalue weighted by molar-refractivity contribution is 6.03. The minimum absolute atomic E-state index is 0.296. The Balaban J connectivity index is 1.67. The van der Waals surface area contributed by atoms with Crippen molar-refractivity contribution < 1.29 is 9.53 Å². The molecule has 0 saturated carbocycles. The Morgan fingerprint density at radius 2 is 1.89 bits per heavy atom. The fourth-order valence-corrected chi connectivity index (χ4v) is 2.53. The third-order valence-corrected chi connectivity index (χ3v) is 3.94. The molecule has 27 heavy (non-hydrogen) atoms. The Kier molecular flexibility index (Phi) is 5.65. The summed E-state index contributed by atoms with van der Waals surface area (Å²) in [4.78, 5) is 16.5. The SMILES string of the molecule is COc1ccccc1CNc1ccnc(C(=O)Nc2ccc(C#N)cc2)c1. The minimum Gasteiger partial charge on any atom is -0.496 e. The van der Waals surface area contributed by atoms with Crippen LogP contribution in [0.2, 0.25) is 0 Å². The second kappa shape index (κ2) is 8.50. The second-order valence-corrected chi connectivity index (χ2v) is 5.74. The molecular weight excluding hydrogens is 340 g/mol. The number of nitrogens with one attached hydrogen (secondary N) is 2. The van der Waals surface area contributed by atoms with Crippen LogP contribution >= 0.6 is 0 Å². The predicted octanol–water partition coefficient (Wildman–Crippen LogP) is 3.83. The number of rotatable bonds is 6. The first-order chi connectivity index (χ1) is 13.2. The Hall–Kier alpha value is -3.85. The minimum atomic E-state index is -0.319. The van der Waals surface area contributed by atoms with Crippen LogP contribution in [0.25, 0.3) is 0 Å². The van der Waals surface area contributed by atoms with Crippen molar-refractivity contribution in [2.24, 2.45) is 0 Å². The van der Waals surface area contributed by atoms with Gasteiger partial charge in [-0.3, -0.25) is 9.78 Å². The van der Waals surface area contributed by atoms with Crippen LogP contribution < -0.4 is 15.4 Å². The van der Waals surface area contributed by atoms with Crippen LogP contribution in [-0.4, -0.2) is 18.0 Å². The molecule has 0 bridgehead atoms. The molecule has 0 aliphatic heterocycles. The fourth-order valence-electron chi connectivity index (χ4n) is 2.53. The molecule has 0 unspecified atom stereocenters. The molecule has 1 heterocycles. The highest BCUT2D eigenvalue weighted by Crippen LogP contribution is 2.19. The molecule has 1 amide bonds. The van der Waals surface area contributed by atoms with Gasteiger partial charge in [-0.2, -0.15) is 5.26 Å². The summed E-state index contributed by atoms with van der Waals surface area (Å²) < 4.78 is 5.34. The van der Waals surface area contributed by atoms with Gasteiger partial charge in [-0.05, 0) is 42.5 Å². The number of para-hydroxylation sites is 1. The van der Waals surface area contributed by atoms with Crippen molar-refractivity contribution in [2.75, 3.05) is 17.7 Å². The number of nitrogens with zero attached hydrogens (tertiary/aromatic N) is 2. The van der Waals surface area contributed by atoms with Gasteiger partial charge in [-0.25, -0.2) is 0 Å². The Morgan fingerprint density at radius 3 is 2.63 bits per heavy atom. The molecule has 0 radical (unpaired) electrons. The standard InChI is InChI=1S/C21H18N4O2/c1-27-20-5-3-2-4-16(20)14-24-18-10-11-23-19(12-18)21(26)25-17-8-6-15(13-22)7-9-17/h2-12H,14H2,1H3,(H,23,24)(H,25,26). The summed E-state index contributed by atoms with van der Waals surface area (Å²) in [5.41, 5.74) is 3.23. The van der Waals surface area contributed by atoms with Crippen molar-refractivity contribution in [3.05, 3.63) is 83.7 Å².